The van der Waals surface area contributed by atoms with Crippen LogP contribution in [-0.2, 0) is 14.3 Å². The highest BCUT2D eigenvalue weighted by Crippen LogP contribution is 2.32. The fourth-order valence-corrected chi connectivity index (χ4v) is 4.44. The van der Waals surface area contributed by atoms with Gasteiger partial charge in [-0.25, -0.2) is 0 Å². The first-order chi connectivity index (χ1) is 16.4. The number of ether oxygens (including phenoxy) is 3. The highest BCUT2D eigenvalue weighted by Gasteiger charge is 2.33. The van der Waals surface area contributed by atoms with Crippen LogP contribution in [0, 0.1) is 13.8 Å². The van der Waals surface area contributed by atoms with Crippen LogP contribution in [-0.4, -0.2) is 79.8 Å². The van der Waals surface area contributed by atoms with Gasteiger partial charge in [-0.15, -0.1) is 0 Å². The van der Waals surface area contributed by atoms with Gasteiger partial charge in [-0.05, 0) is 37.1 Å². The number of para-hydroxylation sites is 3. The van der Waals surface area contributed by atoms with Crippen molar-refractivity contribution in [1.29, 1.82) is 0 Å². The second-order valence-electron chi connectivity index (χ2n) is 8.95. The summed E-state index contributed by atoms with van der Waals surface area (Å²) < 4.78 is 17.5. The van der Waals surface area contributed by atoms with E-state index in [0.29, 0.717) is 31.2 Å². The van der Waals surface area contributed by atoms with Gasteiger partial charge in [0.15, 0.2) is 23.7 Å². The van der Waals surface area contributed by atoms with Crippen molar-refractivity contribution in [3.8, 4) is 11.5 Å². The van der Waals surface area contributed by atoms with Crippen molar-refractivity contribution >= 4 is 17.6 Å². The predicted molar refractivity (Wildman–Crippen MR) is 129 cm³/mol. The number of amides is 1. The summed E-state index contributed by atoms with van der Waals surface area (Å²) in [6.45, 7) is 9.72. The van der Waals surface area contributed by atoms with E-state index in [1.807, 2.05) is 56.3 Å². The molecule has 34 heavy (non-hydrogen) atoms. The standard InChI is InChI=1S/C26H33N3O5/c1-18-7-6-8-19(2)26(18)27-25(31)16-29-13-11-28(12-14-29)15-23(33-20(3)30)24-17-32-21-9-4-5-10-22(21)34-24/h4-10,23-24H,11-17H2,1-3H3,(H,27,31). The molecule has 8 heteroatoms. The van der Waals surface area contributed by atoms with E-state index in [4.69, 9.17) is 14.2 Å². The van der Waals surface area contributed by atoms with E-state index in [2.05, 4.69) is 15.1 Å². The van der Waals surface area contributed by atoms with Crippen LogP contribution in [0.1, 0.15) is 18.1 Å². The third-order valence-corrected chi connectivity index (χ3v) is 6.28. The molecule has 1 amide bonds. The van der Waals surface area contributed by atoms with E-state index in [1.165, 1.54) is 6.92 Å². The molecule has 0 spiro atoms. The summed E-state index contributed by atoms with van der Waals surface area (Å²) in [5, 5.41) is 3.06. The highest BCUT2D eigenvalue weighted by molar-refractivity contribution is 5.93. The minimum absolute atomic E-state index is 0.00457. The van der Waals surface area contributed by atoms with E-state index in [9.17, 15) is 9.59 Å². The van der Waals surface area contributed by atoms with Gasteiger partial charge in [-0.3, -0.25) is 19.4 Å². The van der Waals surface area contributed by atoms with Crippen LogP contribution in [0.2, 0.25) is 0 Å². The van der Waals surface area contributed by atoms with E-state index in [-0.39, 0.29) is 18.0 Å². The number of nitrogens with zero attached hydrogens (tertiary/aromatic N) is 2. The summed E-state index contributed by atoms with van der Waals surface area (Å²) in [7, 11) is 0. The Labute approximate surface area is 200 Å². The lowest BCUT2D eigenvalue weighted by molar-refractivity contribution is -0.155. The third kappa shape index (κ3) is 6.07. The lowest BCUT2D eigenvalue weighted by atomic mass is 10.1. The molecule has 2 aliphatic heterocycles. The topological polar surface area (TPSA) is 80.3 Å². The van der Waals surface area contributed by atoms with Crippen LogP contribution in [0.4, 0.5) is 5.69 Å². The molecule has 2 heterocycles. The molecule has 182 valence electrons. The molecule has 0 saturated carbocycles. The molecule has 2 aromatic carbocycles. The summed E-state index contributed by atoms with van der Waals surface area (Å²) in [6.07, 6.45) is -0.815. The predicted octanol–water partition coefficient (Wildman–Crippen LogP) is 2.63. The Bertz CT molecular complexity index is 999. The molecule has 4 rings (SSSR count). The Hall–Kier alpha value is -3.10. The highest BCUT2D eigenvalue weighted by atomic mass is 16.6. The van der Waals surface area contributed by atoms with Crippen molar-refractivity contribution < 1.29 is 23.8 Å². The van der Waals surface area contributed by atoms with Crippen LogP contribution in [0.25, 0.3) is 0 Å². The van der Waals surface area contributed by atoms with Crippen LogP contribution < -0.4 is 14.8 Å². The zero-order valence-corrected chi connectivity index (χ0v) is 20.1. The average molecular weight is 468 g/mol. The van der Waals surface area contributed by atoms with E-state index < -0.39 is 6.10 Å². The van der Waals surface area contributed by atoms with Crippen molar-refractivity contribution in [2.24, 2.45) is 0 Å². The summed E-state index contributed by atoms with van der Waals surface area (Å²) in [6, 6.07) is 13.5. The van der Waals surface area contributed by atoms with E-state index in [1.54, 1.807) is 0 Å². The SMILES string of the molecule is CC(=O)OC(CN1CCN(CC(=O)Nc2c(C)cccc2C)CC1)C1COc2ccccc2O1. The molecule has 2 aliphatic rings. The molecular weight excluding hydrogens is 434 g/mol. The normalized spacial score (nSPS) is 19.3. The number of rotatable bonds is 7. The number of carbonyl (C=O) groups is 2. The Morgan fingerprint density at radius 2 is 1.65 bits per heavy atom. The molecule has 1 fully saturated rings. The molecule has 1 saturated heterocycles. The molecule has 0 radical (unpaired) electrons. The first-order valence-corrected chi connectivity index (χ1v) is 11.8. The Morgan fingerprint density at radius 3 is 2.32 bits per heavy atom. The number of fused-ring (bicyclic) bond motifs is 1. The van der Waals surface area contributed by atoms with Crippen LogP contribution >= 0.6 is 0 Å². The van der Waals surface area contributed by atoms with Gasteiger partial charge in [0.05, 0.1) is 6.54 Å². The fraction of sp³-hybridized carbons (Fsp3) is 0.462. The number of anilines is 1. The monoisotopic (exact) mass is 467 g/mol. The lowest BCUT2D eigenvalue weighted by Gasteiger charge is -2.38. The quantitative estimate of drug-likeness (QED) is 0.627. The fourth-order valence-electron chi connectivity index (χ4n) is 4.44. The largest absolute Gasteiger partial charge is 0.486 e. The number of nitrogens with one attached hydrogen (secondary N) is 1. The average Bonchev–Trinajstić information content (AvgIpc) is 2.82. The van der Waals surface area contributed by atoms with E-state index in [0.717, 1.165) is 43.0 Å². The number of aryl methyl sites for hydroxylation is 2. The smallest absolute Gasteiger partial charge is 0.303 e. The minimum atomic E-state index is -0.440. The Morgan fingerprint density at radius 1 is 1.00 bits per heavy atom. The number of benzene rings is 2. The van der Waals surface area contributed by atoms with Crippen LogP contribution in [0.5, 0.6) is 11.5 Å². The summed E-state index contributed by atoms with van der Waals surface area (Å²) in [5.41, 5.74) is 3.02. The number of hydrogen-bond acceptors (Lipinski definition) is 7. The van der Waals surface area contributed by atoms with Gasteiger partial charge in [-0.2, -0.15) is 0 Å². The van der Waals surface area contributed by atoms with Gasteiger partial charge in [-0.1, -0.05) is 30.3 Å². The second kappa shape index (κ2) is 10.9. The number of hydrogen-bond donors (Lipinski definition) is 1. The number of esters is 1. The Balaban J connectivity index is 1.28. The number of piperazine rings is 1. The molecule has 0 aromatic heterocycles. The summed E-state index contributed by atoms with van der Waals surface area (Å²) in [4.78, 5) is 28.8. The van der Waals surface area contributed by atoms with Gasteiger partial charge in [0.25, 0.3) is 0 Å². The molecule has 0 bridgehead atoms. The maximum absolute atomic E-state index is 12.6. The summed E-state index contributed by atoms with van der Waals surface area (Å²) >= 11 is 0. The van der Waals surface area contributed by atoms with Gasteiger partial charge in [0.2, 0.25) is 5.91 Å². The van der Waals surface area contributed by atoms with Gasteiger partial charge in [0.1, 0.15) is 6.61 Å². The molecule has 2 atom stereocenters. The third-order valence-electron chi connectivity index (χ3n) is 6.28. The maximum atomic E-state index is 12.6. The zero-order valence-electron chi connectivity index (χ0n) is 20.1. The van der Waals surface area contributed by atoms with Crippen molar-refractivity contribution in [1.82, 2.24) is 9.80 Å². The number of carbonyl (C=O) groups excluding carboxylic acids is 2. The maximum Gasteiger partial charge on any atom is 0.303 e. The van der Waals surface area contributed by atoms with E-state index >= 15 is 0 Å². The van der Waals surface area contributed by atoms with Crippen LogP contribution in [0.3, 0.4) is 0 Å². The Kier molecular flexibility index (Phi) is 7.70. The van der Waals surface area contributed by atoms with Crippen LogP contribution in [0.15, 0.2) is 42.5 Å². The molecule has 2 unspecified atom stereocenters. The van der Waals surface area contributed by atoms with Gasteiger partial charge < -0.3 is 19.5 Å². The van der Waals surface area contributed by atoms with Crippen molar-refractivity contribution in [2.75, 3.05) is 51.2 Å². The second-order valence-corrected chi connectivity index (χ2v) is 8.95. The molecule has 1 N–H and O–H groups in total. The van der Waals surface area contributed by atoms with Crippen molar-refractivity contribution in [3.63, 3.8) is 0 Å². The lowest BCUT2D eigenvalue weighted by Crippen LogP contribution is -2.54. The molecule has 2 aromatic rings. The minimum Gasteiger partial charge on any atom is -0.486 e. The first kappa shape index (κ1) is 24.0. The van der Waals surface area contributed by atoms with Crippen molar-refractivity contribution in [2.45, 2.75) is 33.0 Å². The van der Waals surface area contributed by atoms with Gasteiger partial charge in [0, 0.05) is 45.3 Å². The van der Waals surface area contributed by atoms with Crippen molar-refractivity contribution in [3.05, 3.63) is 53.6 Å². The molecule has 8 nitrogen and oxygen atoms in total. The molecule has 0 aliphatic carbocycles. The molecular formula is C26H33N3O5. The zero-order chi connectivity index (χ0) is 24.1. The summed E-state index contributed by atoms with van der Waals surface area (Å²) in [5.74, 6) is 1.02. The first-order valence-electron chi connectivity index (χ1n) is 11.8. The van der Waals surface area contributed by atoms with Gasteiger partial charge >= 0.3 is 5.97 Å².